The van der Waals surface area contributed by atoms with Gasteiger partial charge < -0.3 is 14.6 Å². The van der Waals surface area contributed by atoms with E-state index < -0.39 is 9.84 Å². The molecule has 4 aromatic rings. The lowest BCUT2D eigenvalue weighted by molar-refractivity contribution is 0.415. The Hall–Kier alpha value is -3.72. The highest BCUT2D eigenvalue weighted by Crippen LogP contribution is 2.24. The van der Waals surface area contributed by atoms with E-state index in [2.05, 4.69) is 20.3 Å². The molecule has 0 unspecified atom stereocenters. The van der Waals surface area contributed by atoms with Gasteiger partial charge in [-0.2, -0.15) is 0 Å². The first-order valence-electron chi connectivity index (χ1n) is 9.04. The molecule has 0 fully saturated rings. The predicted molar refractivity (Wildman–Crippen MR) is 112 cm³/mol. The van der Waals surface area contributed by atoms with Gasteiger partial charge in [0.25, 0.3) is 0 Å². The van der Waals surface area contributed by atoms with Gasteiger partial charge in [0.05, 0.1) is 17.7 Å². The number of nitrogens with one attached hydrogen (secondary N) is 1. The maximum atomic E-state index is 12.7. The molecule has 0 radical (unpaired) electrons. The maximum Gasteiger partial charge on any atom is 0.240 e. The number of imidazole rings is 1. The van der Waals surface area contributed by atoms with Crippen LogP contribution in [0.25, 0.3) is 11.3 Å². The largest absolute Gasteiger partial charge is 0.497 e. The second-order valence-electron chi connectivity index (χ2n) is 6.47. The predicted octanol–water partition coefficient (Wildman–Crippen LogP) is 3.46. The molecule has 0 aliphatic heterocycles. The third-order valence-electron chi connectivity index (χ3n) is 4.48. The van der Waals surface area contributed by atoms with Crippen LogP contribution < -0.4 is 10.1 Å². The Labute approximate surface area is 174 Å². The summed E-state index contributed by atoms with van der Waals surface area (Å²) in [6, 6.07) is 15.8. The number of hydrogen-bond donors (Lipinski definition) is 1. The molecule has 30 heavy (non-hydrogen) atoms. The van der Waals surface area contributed by atoms with E-state index in [0.717, 1.165) is 17.0 Å². The highest BCUT2D eigenvalue weighted by Gasteiger charge is 2.22. The van der Waals surface area contributed by atoms with E-state index in [1.165, 1.54) is 22.9 Å². The molecule has 0 atom stereocenters. The number of aromatic nitrogens is 4. The number of nitrogens with zero attached hydrogens (tertiary/aromatic N) is 4. The third kappa shape index (κ3) is 3.87. The van der Waals surface area contributed by atoms with Crippen LogP contribution in [0, 0.1) is 0 Å². The standard InChI is InChI=1S/C21H19N5O3S/c1-26-14-13-23-21(26)30(27,28)18-9-5-16(6-10-18)24-20-22-12-11-19(25-20)15-3-7-17(29-2)8-4-15/h3-14H,1-2H3,(H,22,24,25). The molecule has 0 saturated carbocycles. The van der Waals surface area contributed by atoms with E-state index in [-0.39, 0.29) is 10.1 Å². The average molecular weight is 421 g/mol. The Morgan fingerprint density at radius 1 is 0.933 bits per heavy atom. The Bertz CT molecular complexity index is 1270. The zero-order valence-electron chi connectivity index (χ0n) is 16.4. The minimum absolute atomic E-state index is 0.00117. The van der Waals surface area contributed by atoms with Gasteiger partial charge in [0.2, 0.25) is 20.9 Å². The van der Waals surface area contributed by atoms with Crippen LogP contribution in [0.1, 0.15) is 0 Å². The topological polar surface area (TPSA) is 99.0 Å². The normalized spacial score (nSPS) is 11.3. The van der Waals surface area contributed by atoms with Crippen LogP contribution in [0.5, 0.6) is 5.75 Å². The van der Waals surface area contributed by atoms with Gasteiger partial charge in [0.1, 0.15) is 5.75 Å². The van der Waals surface area contributed by atoms with Crippen LogP contribution in [0.3, 0.4) is 0 Å². The Kier molecular flexibility index (Phi) is 5.20. The second-order valence-corrected chi connectivity index (χ2v) is 8.31. The molecule has 9 heteroatoms. The van der Waals surface area contributed by atoms with Gasteiger partial charge in [0.15, 0.2) is 0 Å². The van der Waals surface area contributed by atoms with Crippen molar-refractivity contribution in [3.8, 4) is 17.0 Å². The third-order valence-corrected chi connectivity index (χ3v) is 6.25. The first-order chi connectivity index (χ1) is 14.5. The molecule has 0 bridgehead atoms. The minimum Gasteiger partial charge on any atom is -0.497 e. The lowest BCUT2D eigenvalue weighted by Gasteiger charge is -2.09. The lowest BCUT2D eigenvalue weighted by Crippen LogP contribution is -2.08. The molecule has 2 aromatic carbocycles. The van der Waals surface area contributed by atoms with E-state index in [4.69, 9.17) is 4.74 Å². The molecule has 0 aliphatic rings. The van der Waals surface area contributed by atoms with Gasteiger partial charge >= 0.3 is 0 Å². The summed E-state index contributed by atoms with van der Waals surface area (Å²) in [6.07, 6.45) is 4.71. The van der Waals surface area contributed by atoms with Crippen LogP contribution in [0.4, 0.5) is 11.6 Å². The van der Waals surface area contributed by atoms with Crippen molar-refractivity contribution in [3.05, 3.63) is 73.2 Å². The van der Waals surface area contributed by atoms with Gasteiger partial charge in [-0.3, -0.25) is 0 Å². The van der Waals surface area contributed by atoms with Crippen LogP contribution in [-0.4, -0.2) is 35.0 Å². The van der Waals surface area contributed by atoms with Crippen molar-refractivity contribution in [1.29, 1.82) is 0 Å². The molecule has 2 heterocycles. The van der Waals surface area contributed by atoms with Gasteiger partial charge in [-0.25, -0.2) is 23.4 Å². The van der Waals surface area contributed by atoms with Crippen molar-refractivity contribution in [2.24, 2.45) is 7.05 Å². The summed E-state index contributed by atoms with van der Waals surface area (Å²) in [5.41, 5.74) is 2.35. The molecule has 2 aromatic heterocycles. The Balaban J connectivity index is 1.54. The molecule has 1 N–H and O–H groups in total. The summed E-state index contributed by atoms with van der Waals surface area (Å²) >= 11 is 0. The molecular weight excluding hydrogens is 402 g/mol. The fraction of sp³-hybridized carbons (Fsp3) is 0.0952. The maximum absolute atomic E-state index is 12.7. The number of methoxy groups -OCH3 is 1. The summed E-state index contributed by atoms with van der Waals surface area (Å²) in [4.78, 5) is 12.9. The summed E-state index contributed by atoms with van der Waals surface area (Å²) in [7, 11) is -0.420. The van der Waals surface area contributed by atoms with Crippen LogP contribution in [0.15, 0.2) is 83.2 Å². The van der Waals surface area contributed by atoms with Crippen molar-refractivity contribution < 1.29 is 13.2 Å². The van der Waals surface area contributed by atoms with E-state index >= 15 is 0 Å². The summed E-state index contributed by atoms with van der Waals surface area (Å²) in [5, 5.41) is 3.10. The first kappa shape index (κ1) is 19.6. The Morgan fingerprint density at radius 3 is 2.30 bits per heavy atom. The zero-order valence-corrected chi connectivity index (χ0v) is 17.2. The number of ether oxygens (including phenoxy) is 1. The number of rotatable bonds is 6. The number of aryl methyl sites for hydroxylation is 1. The van der Waals surface area contributed by atoms with E-state index in [1.807, 2.05) is 30.3 Å². The number of sulfone groups is 1. The van der Waals surface area contributed by atoms with E-state index in [1.54, 1.807) is 38.7 Å². The fourth-order valence-electron chi connectivity index (χ4n) is 2.90. The van der Waals surface area contributed by atoms with Crippen LogP contribution in [0.2, 0.25) is 0 Å². The average Bonchev–Trinajstić information content (AvgIpc) is 3.21. The molecule has 4 rings (SSSR count). The van der Waals surface area contributed by atoms with E-state index in [9.17, 15) is 8.42 Å². The van der Waals surface area contributed by atoms with Gasteiger partial charge in [-0.15, -0.1) is 0 Å². The van der Waals surface area contributed by atoms with Crippen LogP contribution >= 0.6 is 0 Å². The summed E-state index contributed by atoms with van der Waals surface area (Å²) in [6.45, 7) is 0. The molecular formula is C21H19N5O3S. The summed E-state index contributed by atoms with van der Waals surface area (Å²) < 4.78 is 32.0. The smallest absolute Gasteiger partial charge is 0.240 e. The highest BCUT2D eigenvalue weighted by molar-refractivity contribution is 7.91. The van der Waals surface area contributed by atoms with Gasteiger partial charge in [0, 0.05) is 36.9 Å². The highest BCUT2D eigenvalue weighted by atomic mass is 32.2. The molecule has 0 aliphatic carbocycles. The summed E-state index contributed by atoms with van der Waals surface area (Å²) in [5.74, 6) is 1.18. The number of hydrogen-bond acceptors (Lipinski definition) is 7. The second kappa shape index (κ2) is 7.96. The quantitative estimate of drug-likeness (QED) is 0.509. The van der Waals surface area contributed by atoms with Crippen molar-refractivity contribution in [1.82, 2.24) is 19.5 Å². The molecule has 152 valence electrons. The van der Waals surface area contributed by atoms with Gasteiger partial charge in [-0.05, 0) is 54.6 Å². The van der Waals surface area contributed by atoms with Crippen LogP contribution in [-0.2, 0) is 16.9 Å². The van der Waals surface area contributed by atoms with Gasteiger partial charge in [-0.1, -0.05) is 0 Å². The molecule has 0 saturated heterocycles. The molecule has 0 amide bonds. The number of benzene rings is 2. The fourth-order valence-corrected chi connectivity index (χ4v) is 4.25. The SMILES string of the molecule is COc1ccc(-c2ccnc(Nc3ccc(S(=O)(=O)c4nccn4C)cc3)n2)cc1. The monoisotopic (exact) mass is 421 g/mol. The van der Waals surface area contributed by atoms with Crippen molar-refractivity contribution in [2.75, 3.05) is 12.4 Å². The number of anilines is 2. The zero-order chi connectivity index (χ0) is 21.1. The lowest BCUT2D eigenvalue weighted by atomic mass is 10.1. The van der Waals surface area contributed by atoms with Crippen molar-refractivity contribution in [3.63, 3.8) is 0 Å². The first-order valence-corrected chi connectivity index (χ1v) is 10.5. The van der Waals surface area contributed by atoms with Crippen molar-refractivity contribution in [2.45, 2.75) is 10.1 Å². The van der Waals surface area contributed by atoms with E-state index in [0.29, 0.717) is 11.6 Å². The molecule has 0 spiro atoms. The van der Waals surface area contributed by atoms with Crippen molar-refractivity contribution >= 4 is 21.5 Å². The Morgan fingerprint density at radius 2 is 1.67 bits per heavy atom. The molecule has 8 nitrogen and oxygen atoms in total. The minimum atomic E-state index is -3.68.